The van der Waals surface area contributed by atoms with Crippen molar-refractivity contribution in [3.05, 3.63) is 187 Å². The summed E-state index contributed by atoms with van der Waals surface area (Å²) in [4.78, 5) is 10.1. The third-order valence-corrected chi connectivity index (χ3v) is 18.5. The molecule has 0 fully saturated rings. The van der Waals surface area contributed by atoms with E-state index < -0.39 is 13.3 Å². The molecule has 11 aromatic rings. The second-order valence-corrected chi connectivity index (χ2v) is 31.5. The van der Waals surface area contributed by atoms with Gasteiger partial charge in [-0.05, 0) is 69.1 Å². The third kappa shape index (κ3) is 8.70. The molecule has 0 amide bonds. The van der Waals surface area contributed by atoms with E-state index in [0.29, 0.717) is 17.8 Å². The Morgan fingerprint density at radius 2 is 1.24 bits per heavy atom. The van der Waals surface area contributed by atoms with Crippen LogP contribution in [0.3, 0.4) is 0 Å². The average Bonchev–Trinajstić information content (AvgIpc) is 4.01. The van der Waals surface area contributed by atoms with Crippen LogP contribution in [0.4, 0.5) is 0 Å². The Bertz CT molecular complexity index is 3510. The minimum Gasteiger partial charge on any atom is -0.350 e. The van der Waals surface area contributed by atoms with E-state index >= 15 is 0 Å². The molecule has 0 N–H and O–H groups in total. The quantitative estimate of drug-likeness (QED) is 0.107. The first-order valence-electron chi connectivity index (χ1n) is 23.8. The van der Waals surface area contributed by atoms with E-state index in [1.165, 1.54) is 64.4 Å². The minimum absolute atomic E-state index is 0. The van der Waals surface area contributed by atoms with Gasteiger partial charge in [0.1, 0.15) is 0 Å². The molecule has 11 rings (SSSR count). The summed E-state index contributed by atoms with van der Waals surface area (Å²) >= 11 is -0.0158. The third-order valence-electron chi connectivity index (χ3n) is 13.0. The van der Waals surface area contributed by atoms with Gasteiger partial charge >= 0.3 is 126 Å². The molecule has 0 saturated carbocycles. The van der Waals surface area contributed by atoms with Crippen molar-refractivity contribution >= 4 is 82.0 Å². The maximum Gasteiger partial charge on any atom is 0.0774 e. The number of rotatable bonds is 9. The van der Waals surface area contributed by atoms with Crippen LogP contribution in [-0.2, 0) is 26.5 Å². The van der Waals surface area contributed by atoms with Crippen molar-refractivity contribution in [3.8, 4) is 34.0 Å². The van der Waals surface area contributed by atoms with Gasteiger partial charge in [-0.15, -0.1) is 12.1 Å². The second-order valence-electron chi connectivity index (χ2n) is 19.9. The summed E-state index contributed by atoms with van der Waals surface area (Å²) in [6.45, 7) is 13.7. The van der Waals surface area contributed by atoms with Crippen LogP contribution in [-0.4, -0.2) is 32.4 Å². The van der Waals surface area contributed by atoms with Gasteiger partial charge in [0.05, 0.1) is 16.9 Å². The minimum atomic E-state index is -1.86. The molecule has 68 heavy (non-hydrogen) atoms. The predicted molar refractivity (Wildman–Crippen MR) is 291 cm³/mol. The van der Waals surface area contributed by atoms with Crippen molar-refractivity contribution in [2.45, 2.75) is 77.1 Å². The van der Waals surface area contributed by atoms with E-state index in [4.69, 9.17) is 9.97 Å². The van der Waals surface area contributed by atoms with Crippen molar-refractivity contribution in [3.63, 3.8) is 0 Å². The van der Waals surface area contributed by atoms with E-state index in [-0.39, 0.29) is 20.1 Å². The molecule has 0 bridgehead atoms. The molecule has 0 aliphatic heterocycles. The summed E-state index contributed by atoms with van der Waals surface area (Å²) in [6.07, 6.45) is 3.27. The largest absolute Gasteiger partial charge is 0.350 e. The van der Waals surface area contributed by atoms with Crippen molar-refractivity contribution in [2.75, 3.05) is 0 Å². The second kappa shape index (κ2) is 19.4. The van der Waals surface area contributed by atoms with E-state index in [1.54, 1.807) is 4.40 Å². The molecule has 4 aromatic heterocycles. The first kappa shape index (κ1) is 47.4. The first-order valence-corrected chi connectivity index (χ1v) is 32.0. The number of fused-ring (bicyclic) bond motifs is 7. The van der Waals surface area contributed by atoms with Crippen LogP contribution in [0.5, 0.6) is 0 Å². The van der Waals surface area contributed by atoms with Gasteiger partial charge in [-0.2, -0.15) is 11.3 Å². The number of para-hydroxylation sites is 5. The molecule has 0 aliphatic carbocycles. The predicted octanol–water partition coefficient (Wildman–Crippen LogP) is 16.5. The molecular formula is C61H58GeIrN4S-2. The molecule has 4 nitrogen and oxygen atoms in total. The summed E-state index contributed by atoms with van der Waals surface area (Å²) < 4.78 is 8.86. The van der Waals surface area contributed by atoms with E-state index in [0.717, 1.165) is 45.8 Å². The zero-order valence-electron chi connectivity index (χ0n) is 40.5. The standard InChI is InChI=1S/C43H34N3S.C18H24GeN.Ir/c1-26(2)28-17-13-18-29(27(3)4)41(28)46-37-22-11-8-19-34(37)44-43(46)33-24-25-38(40-32-16-7-12-23-39(32)47-42(33)40)45-35-20-9-5-14-30(35)31-15-6-10-21-36(31)45;1-14(2)11-16-12-18(15-9-7-6-8-10-15)20-13-17(16)19(3,4)5;/h5-23,25-27H,1-4H3;6-9,12-14H,11H2,1-5H3;/q2*-1;. The Labute approximate surface area is 421 Å². The summed E-state index contributed by atoms with van der Waals surface area (Å²) in [7, 11) is 0. The topological polar surface area (TPSA) is 35.6 Å². The fourth-order valence-electron chi connectivity index (χ4n) is 9.95. The van der Waals surface area contributed by atoms with Crippen molar-refractivity contribution in [1.82, 2.24) is 19.1 Å². The molecule has 4 heterocycles. The van der Waals surface area contributed by atoms with Crippen LogP contribution >= 0.6 is 11.3 Å². The first-order chi connectivity index (χ1) is 32.4. The Hall–Kier alpha value is -5.63. The smallest absolute Gasteiger partial charge is 0.0774 e. The molecule has 0 aliphatic rings. The fraction of sp³-hybridized carbons (Fsp3) is 0.213. The molecule has 7 aromatic carbocycles. The molecule has 0 spiro atoms. The Kier molecular flexibility index (Phi) is 13.5. The zero-order valence-corrected chi connectivity index (χ0v) is 45.8. The van der Waals surface area contributed by atoms with Crippen LogP contribution in [0.2, 0.25) is 17.3 Å². The number of aromatic nitrogens is 4. The molecule has 7 heteroatoms. The van der Waals surface area contributed by atoms with E-state index in [9.17, 15) is 0 Å². The van der Waals surface area contributed by atoms with Gasteiger partial charge in [-0.1, -0.05) is 124 Å². The Balaban J connectivity index is 0.000000232. The Morgan fingerprint density at radius 1 is 0.632 bits per heavy atom. The summed E-state index contributed by atoms with van der Waals surface area (Å²) in [6, 6.07) is 61.3. The number of hydrogen-bond acceptors (Lipinski definition) is 3. The molecule has 343 valence electrons. The average molecular weight is 1140 g/mol. The number of hydrogen-bond donors (Lipinski definition) is 0. The normalized spacial score (nSPS) is 11.9. The van der Waals surface area contributed by atoms with Crippen LogP contribution in [0, 0.1) is 18.1 Å². The van der Waals surface area contributed by atoms with Gasteiger partial charge < -0.3 is 9.13 Å². The van der Waals surface area contributed by atoms with Gasteiger partial charge in [0.2, 0.25) is 0 Å². The van der Waals surface area contributed by atoms with Crippen LogP contribution in [0.25, 0.3) is 87.0 Å². The molecular weight excluding hydrogens is 1090 g/mol. The number of benzene rings is 7. The summed E-state index contributed by atoms with van der Waals surface area (Å²) in [5, 5.41) is 5.01. The van der Waals surface area contributed by atoms with Crippen LogP contribution in [0.1, 0.15) is 70.1 Å². The molecule has 0 unspecified atom stereocenters. The van der Waals surface area contributed by atoms with Gasteiger partial charge in [-0.3, -0.25) is 4.98 Å². The van der Waals surface area contributed by atoms with Gasteiger partial charge in [0.25, 0.3) is 0 Å². The fourth-order valence-corrected chi connectivity index (χ4v) is 14.5. The number of imidazole rings is 1. The van der Waals surface area contributed by atoms with Gasteiger partial charge in [0, 0.05) is 52.3 Å². The molecule has 0 saturated heterocycles. The molecule has 0 atom stereocenters. The van der Waals surface area contributed by atoms with Gasteiger partial charge in [-0.25, -0.2) is 0 Å². The zero-order chi connectivity index (χ0) is 46.6. The van der Waals surface area contributed by atoms with Crippen molar-refractivity contribution in [1.29, 1.82) is 0 Å². The van der Waals surface area contributed by atoms with Gasteiger partial charge in [0.15, 0.2) is 0 Å². The van der Waals surface area contributed by atoms with Crippen molar-refractivity contribution in [2.24, 2.45) is 5.92 Å². The number of thiophene rings is 1. The number of nitrogens with zero attached hydrogens (tertiary/aromatic N) is 4. The summed E-state index contributed by atoms with van der Waals surface area (Å²) in [5.74, 6) is 9.63. The van der Waals surface area contributed by atoms with Crippen molar-refractivity contribution < 1.29 is 20.1 Å². The van der Waals surface area contributed by atoms with Crippen LogP contribution < -0.4 is 4.40 Å². The van der Waals surface area contributed by atoms with E-state index in [2.05, 4.69) is 220 Å². The SMILES string of the molecule is CC(C)Cc1cc(-c2[c-]cccc2)nc[c]1[Ge]([CH3])([CH3])[CH3].CC(C)c1cccc(C(C)C)c1-n1c(-c2[c-]cc(-n3c4ccccc4c4ccccc43)c3c2sc2ccccc23)nc2ccccc21.[Ir]. The monoisotopic (exact) mass is 1150 g/mol. The molecule has 1 radical (unpaired) electrons. The summed E-state index contributed by atoms with van der Waals surface area (Å²) in [5.41, 5.74) is 14.2. The number of pyridine rings is 1. The Morgan fingerprint density at radius 3 is 1.85 bits per heavy atom. The maximum atomic E-state index is 5.40. The maximum absolute atomic E-state index is 5.40. The van der Waals surface area contributed by atoms with Crippen LogP contribution in [0.15, 0.2) is 158 Å². The van der Waals surface area contributed by atoms with E-state index in [1.807, 2.05) is 29.5 Å².